The van der Waals surface area contributed by atoms with Crippen molar-refractivity contribution in [3.05, 3.63) is 36.5 Å². The smallest absolute Gasteiger partial charge is 0.504 e. The van der Waals surface area contributed by atoms with E-state index in [1.807, 2.05) is 0 Å². The Bertz CT molecular complexity index is 1210. The first-order chi connectivity index (χ1) is 17.9. The van der Waals surface area contributed by atoms with Crippen LogP contribution in [0.25, 0.3) is 22.4 Å². The number of ether oxygens (including phenoxy) is 3. The fraction of sp³-hybridized carbons (Fsp3) is 0.375. The van der Waals surface area contributed by atoms with E-state index in [1.165, 1.54) is 13.2 Å². The summed E-state index contributed by atoms with van der Waals surface area (Å²) in [6, 6.07) is 7.72. The molecule has 2 aromatic heterocycles. The first-order valence-corrected chi connectivity index (χ1v) is 11.5. The Kier molecular flexibility index (Phi) is 10.2. The molecule has 0 radical (unpaired) electrons. The Morgan fingerprint density at radius 1 is 1.08 bits per heavy atom. The first kappa shape index (κ1) is 27.4. The number of benzene rings is 1. The molecule has 2 amide bonds. The van der Waals surface area contributed by atoms with E-state index in [9.17, 15) is 14.7 Å². The number of nitrogens with zero attached hydrogens (tertiary/aromatic N) is 3. The summed E-state index contributed by atoms with van der Waals surface area (Å²) < 4.78 is 14.6. The molecular formula is C24H29N5O8. The lowest BCUT2D eigenvalue weighted by atomic mass is 10.1. The molecule has 0 aliphatic rings. The number of nitrogens with one attached hydrogen (secondary N) is 2. The maximum Gasteiger partial charge on any atom is 0.508 e. The quantitative estimate of drug-likeness (QED) is 0.176. The number of pyridine rings is 1. The Morgan fingerprint density at radius 3 is 2.70 bits per heavy atom. The highest BCUT2D eigenvalue weighted by molar-refractivity contribution is 5.89. The van der Waals surface area contributed by atoms with E-state index in [2.05, 4.69) is 30.3 Å². The van der Waals surface area contributed by atoms with Gasteiger partial charge in [0.25, 0.3) is 0 Å². The lowest BCUT2D eigenvalue weighted by Crippen LogP contribution is -2.29. The molecule has 3 rings (SSSR count). The lowest BCUT2D eigenvalue weighted by Gasteiger charge is -2.09. The van der Waals surface area contributed by atoms with Crippen molar-refractivity contribution in [3.8, 4) is 22.8 Å². The number of phenolic OH excluding ortho intramolecular Hbond substituents is 1. The Morgan fingerprint density at radius 2 is 1.92 bits per heavy atom. The summed E-state index contributed by atoms with van der Waals surface area (Å²) in [7, 11) is 1.46. The molecule has 0 spiro atoms. The second-order valence-electron chi connectivity index (χ2n) is 7.87. The van der Waals surface area contributed by atoms with Crippen LogP contribution in [-0.4, -0.2) is 82.0 Å². The van der Waals surface area contributed by atoms with Crippen molar-refractivity contribution < 1.29 is 39.1 Å². The van der Waals surface area contributed by atoms with Gasteiger partial charge in [-0.25, -0.2) is 19.6 Å². The molecule has 0 saturated heterocycles. The second kappa shape index (κ2) is 13.8. The Hall–Kier alpha value is -4.23. The average Bonchev–Trinajstić information content (AvgIpc) is 2.91. The largest absolute Gasteiger partial charge is 0.508 e. The van der Waals surface area contributed by atoms with Crippen LogP contribution in [0.1, 0.15) is 19.3 Å². The minimum absolute atomic E-state index is 0.0143. The molecule has 198 valence electrons. The summed E-state index contributed by atoms with van der Waals surface area (Å²) in [5, 5.41) is 32.9. The number of phenols is 1. The lowest BCUT2D eigenvalue weighted by molar-refractivity contribution is 0.000399. The Labute approximate surface area is 212 Å². The van der Waals surface area contributed by atoms with Gasteiger partial charge in [0.15, 0.2) is 17.1 Å². The number of aliphatic hydroxyl groups excluding tert-OH is 2. The Balaban J connectivity index is 1.42. The number of hydrogen-bond acceptors (Lipinski definition) is 11. The maximum atomic E-state index is 12.2. The number of rotatable bonds is 12. The van der Waals surface area contributed by atoms with Crippen molar-refractivity contribution in [3.63, 3.8) is 0 Å². The highest BCUT2D eigenvalue weighted by atomic mass is 16.7. The molecule has 13 nitrogen and oxygen atoms in total. The first-order valence-electron chi connectivity index (χ1n) is 11.5. The molecule has 0 saturated carbocycles. The monoisotopic (exact) mass is 515 g/mol. The number of urea groups is 1. The number of fused-ring (bicyclic) bond motifs is 1. The van der Waals surface area contributed by atoms with Crippen molar-refractivity contribution in [2.75, 3.05) is 38.8 Å². The summed E-state index contributed by atoms with van der Waals surface area (Å²) >= 11 is 0. The normalized spacial score (nSPS) is 11.5. The van der Waals surface area contributed by atoms with Gasteiger partial charge in [-0.2, -0.15) is 0 Å². The van der Waals surface area contributed by atoms with E-state index in [0.29, 0.717) is 59.8 Å². The molecule has 1 atom stereocenters. The predicted molar refractivity (Wildman–Crippen MR) is 132 cm³/mol. The molecule has 5 N–H and O–H groups in total. The molecule has 1 aromatic carbocycles. The SMILES string of the molecule is COc1cc(-c2cnc3ccc(NC(=O)NCCCCCOC(=O)OCC(O)CO)nc3n2)ccc1O. The predicted octanol–water partition coefficient (Wildman–Crippen LogP) is 2.20. The zero-order chi connectivity index (χ0) is 26.6. The zero-order valence-electron chi connectivity index (χ0n) is 20.2. The van der Waals surface area contributed by atoms with Crippen LogP contribution in [0.4, 0.5) is 15.4 Å². The number of carbonyl (C=O) groups is 2. The summed E-state index contributed by atoms with van der Waals surface area (Å²) in [6.07, 6.45) is 1.47. The zero-order valence-corrected chi connectivity index (χ0v) is 20.2. The van der Waals surface area contributed by atoms with Crippen LogP contribution in [0.2, 0.25) is 0 Å². The molecule has 2 heterocycles. The third-order valence-electron chi connectivity index (χ3n) is 5.05. The molecule has 13 heteroatoms. The minimum Gasteiger partial charge on any atom is -0.504 e. The van der Waals surface area contributed by atoms with E-state index in [4.69, 9.17) is 19.7 Å². The topological polar surface area (TPSA) is 185 Å². The van der Waals surface area contributed by atoms with E-state index in [0.717, 1.165) is 0 Å². The highest BCUT2D eigenvalue weighted by Crippen LogP contribution is 2.30. The number of unbranched alkanes of at least 4 members (excludes halogenated alkanes) is 2. The molecule has 3 aromatic rings. The molecule has 0 aliphatic heterocycles. The number of anilines is 1. The van der Waals surface area contributed by atoms with Crippen LogP contribution in [-0.2, 0) is 9.47 Å². The summed E-state index contributed by atoms with van der Waals surface area (Å²) in [5.74, 6) is 0.628. The van der Waals surface area contributed by atoms with Gasteiger partial charge in [0.2, 0.25) is 0 Å². The van der Waals surface area contributed by atoms with Crippen molar-refractivity contribution in [2.24, 2.45) is 0 Å². The second-order valence-corrected chi connectivity index (χ2v) is 7.87. The van der Waals surface area contributed by atoms with E-state index in [1.54, 1.807) is 30.5 Å². The van der Waals surface area contributed by atoms with Crippen LogP contribution >= 0.6 is 0 Å². The van der Waals surface area contributed by atoms with E-state index in [-0.39, 0.29) is 19.0 Å². The van der Waals surface area contributed by atoms with Gasteiger partial charge in [0, 0.05) is 12.1 Å². The van der Waals surface area contributed by atoms with Crippen LogP contribution in [0.3, 0.4) is 0 Å². The number of amides is 2. The summed E-state index contributed by atoms with van der Waals surface area (Å²) in [5.41, 5.74) is 2.10. The summed E-state index contributed by atoms with van der Waals surface area (Å²) in [6.45, 7) is -0.293. The van der Waals surface area contributed by atoms with Gasteiger partial charge < -0.3 is 34.8 Å². The van der Waals surface area contributed by atoms with Gasteiger partial charge in [-0.3, -0.25) is 10.3 Å². The van der Waals surface area contributed by atoms with Gasteiger partial charge in [-0.05, 0) is 49.6 Å². The van der Waals surface area contributed by atoms with Gasteiger partial charge in [0.1, 0.15) is 24.0 Å². The van der Waals surface area contributed by atoms with E-state index < -0.39 is 24.9 Å². The highest BCUT2D eigenvalue weighted by Gasteiger charge is 2.10. The molecule has 0 bridgehead atoms. The number of methoxy groups -OCH3 is 1. The fourth-order valence-electron chi connectivity index (χ4n) is 3.12. The van der Waals surface area contributed by atoms with Gasteiger partial charge >= 0.3 is 12.2 Å². The van der Waals surface area contributed by atoms with Crippen molar-refractivity contribution in [1.29, 1.82) is 0 Å². The number of aromatic hydroxyl groups is 1. The number of aliphatic hydroxyl groups is 2. The molecule has 37 heavy (non-hydrogen) atoms. The minimum atomic E-state index is -1.13. The molecule has 0 aliphatic carbocycles. The maximum absolute atomic E-state index is 12.2. The third kappa shape index (κ3) is 8.44. The molecule has 1 unspecified atom stereocenters. The van der Waals surface area contributed by atoms with Gasteiger partial charge in [0.05, 0.1) is 32.2 Å². The fourth-order valence-corrected chi connectivity index (χ4v) is 3.12. The standard InChI is InChI=1S/C24H29N5O8/c1-35-20-11-15(5-7-19(20)32)18-12-26-17-6-8-21(28-22(17)27-18)29-23(33)25-9-3-2-4-10-36-24(34)37-14-16(31)13-30/h5-8,11-12,16,30-32H,2-4,9-10,13-14H2,1H3,(H2,25,27,28,29,33). The van der Waals surface area contributed by atoms with Crippen LogP contribution in [0.5, 0.6) is 11.5 Å². The molecular weight excluding hydrogens is 486 g/mol. The third-order valence-corrected chi connectivity index (χ3v) is 5.05. The number of carbonyl (C=O) groups excluding carboxylic acids is 2. The van der Waals surface area contributed by atoms with Crippen molar-refractivity contribution >= 4 is 29.2 Å². The van der Waals surface area contributed by atoms with Crippen molar-refractivity contribution in [2.45, 2.75) is 25.4 Å². The van der Waals surface area contributed by atoms with Crippen LogP contribution in [0, 0.1) is 0 Å². The number of hydrogen-bond donors (Lipinski definition) is 5. The van der Waals surface area contributed by atoms with Crippen LogP contribution in [0.15, 0.2) is 36.5 Å². The number of aromatic nitrogens is 3. The van der Waals surface area contributed by atoms with E-state index >= 15 is 0 Å². The van der Waals surface area contributed by atoms with Gasteiger partial charge in [-0.15, -0.1) is 0 Å². The molecule has 0 fully saturated rings. The van der Waals surface area contributed by atoms with Gasteiger partial charge in [-0.1, -0.05) is 0 Å². The van der Waals surface area contributed by atoms with Crippen molar-refractivity contribution in [1.82, 2.24) is 20.3 Å². The average molecular weight is 516 g/mol. The summed E-state index contributed by atoms with van der Waals surface area (Å²) in [4.78, 5) is 36.7. The van der Waals surface area contributed by atoms with Crippen LogP contribution < -0.4 is 15.4 Å².